The Hall–Kier alpha value is 3.04. The molecule has 0 saturated carbocycles. The second-order valence-corrected chi connectivity index (χ2v) is 11.4. The maximum absolute atomic E-state index is 5.47. The van der Waals surface area contributed by atoms with Crippen LogP contribution in [-0.4, -0.2) is 0 Å². The van der Waals surface area contributed by atoms with Gasteiger partial charge in [0.25, 0.3) is 0 Å². The average molecular weight is 959 g/mol. The van der Waals surface area contributed by atoms with Gasteiger partial charge in [0, 0.05) is 42.4 Å². The third-order valence-electron chi connectivity index (χ3n) is 2.76. The standard InChI is InChI=1S/C12Br10O/c13-3-1(4(14)7(17)9(19)6(3)16)2-5(15)8(18)10(20)11(21)12(2)23-22. The van der Waals surface area contributed by atoms with E-state index >= 15 is 0 Å². The van der Waals surface area contributed by atoms with Crippen LogP contribution in [0.5, 0.6) is 5.75 Å². The largest absolute Gasteiger partial charge is 0.416 e. The lowest BCUT2D eigenvalue weighted by Crippen LogP contribution is -1.94. The first-order valence-corrected chi connectivity index (χ1v) is 13.1. The quantitative estimate of drug-likeness (QED) is 0.215. The summed E-state index contributed by atoms with van der Waals surface area (Å²) in [6.07, 6.45) is 0. The molecule has 0 unspecified atom stereocenters. The van der Waals surface area contributed by atoms with Crippen molar-refractivity contribution in [2.45, 2.75) is 0 Å². The van der Waals surface area contributed by atoms with E-state index in [1.807, 2.05) is 0 Å². The third-order valence-corrected chi connectivity index (χ3v) is 13.9. The van der Waals surface area contributed by atoms with Gasteiger partial charge in [-0.15, -0.1) is 0 Å². The van der Waals surface area contributed by atoms with Crippen molar-refractivity contribution >= 4 is 160 Å². The number of halogens is 10. The average Bonchev–Trinajstić information content (AvgIpc) is 2.54. The Kier molecular flexibility index (Phi) is 8.76. The van der Waals surface area contributed by atoms with Gasteiger partial charge in [0.2, 0.25) is 0 Å². The van der Waals surface area contributed by atoms with E-state index in [1.54, 1.807) is 0 Å². The molecule has 0 aliphatic carbocycles. The molecule has 2 aromatic rings. The molecule has 0 saturated heterocycles. The van der Waals surface area contributed by atoms with Crippen molar-refractivity contribution < 1.29 is 3.83 Å². The topological polar surface area (TPSA) is 9.23 Å². The fraction of sp³-hybridized carbons (Fsp3) is 0. The van der Waals surface area contributed by atoms with Crippen LogP contribution < -0.4 is 3.83 Å². The Morgan fingerprint density at radius 2 is 0.696 bits per heavy atom. The highest BCUT2D eigenvalue weighted by atomic mass is 79.9. The summed E-state index contributed by atoms with van der Waals surface area (Å²) in [4.78, 5) is 0. The minimum Gasteiger partial charge on any atom is -0.416 e. The minimum atomic E-state index is 0.620. The molecule has 0 amide bonds. The van der Waals surface area contributed by atoms with Crippen molar-refractivity contribution in [1.29, 1.82) is 0 Å². The van der Waals surface area contributed by atoms with Crippen LogP contribution in [0.15, 0.2) is 40.3 Å². The molecular weight excluding hydrogens is 959 g/mol. The second-order valence-electron chi connectivity index (χ2n) is 3.98. The van der Waals surface area contributed by atoms with E-state index in [-0.39, 0.29) is 0 Å². The number of hydrogen-bond donors (Lipinski definition) is 0. The van der Waals surface area contributed by atoms with Crippen LogP contribution in [0, 0.1) is 0 Å². The van der Waals surface area contributed by atoms with Crippen LogP contribution >= 0.6 is 160 Å². The molecule has 0 aliphatic rings. The van der Waals surface area contributed by atoms with Crippen molar-refractivity contribution in [2.24, 2.45) is 0 Å². The summed E-state index contributed by atoms with van der Waals surface area (Å²) in [7, 11) is 0. The van der Waals surface area contributed by atoms with E-state index in [0.29, 0.717) is 5.75 Å². The lowest BCUT2D eigenvalue weighted by molar-refractivity contribution is 0.674. The summed E-state index contributed by atoms with van der Waals surface area (Å²) in [6, 6.07) is 0. The highest BCUT2D eigenvalue weighted by Crippen LogP contribution is 2.56. The number of hydrogen-bond acceptors (Lipinski definition) is 1. The molecule has 0 bridgehead atoms. The normalized spacial score (nSPS) is 11.0. The molecule has 124 valence electrons. The van der Waals surface area contributed by atoms with Crippen molar-refractivity contribution in [1.82, 2.24) is 0 Å². The van der Waals surface area contributed by atoms with E-state index < -0.39 is 0 Å². The molecule has 0 radical (unpaired) electrons. The molecular formula is C12Br10O. The van der Waals surface area contributed by atoms with Gasteiger partial charge in [-0.05, 0) is 143 Å². The van der Waals surface area contributed by atoms with Crippen molar-refractivity contribution in [2.75, 3.05) is 0 Å². The Morgan fingerprint density at radius 3 is 1.09 bits per heavy atom. The Balaban J connectivity index is 3.06. The maximum atomic E-state index is 5.47. The van der Waals surface area contributed by atoms with Crippen molar-refractivity contribution in [3.63, 3.8) is 0 Å². The van der Waals surface area contributed by atoms with Gasteiger partial charge in [0.05, 0.1) is 8.95 Å². The summed E-state index contributed by atoms with van der Waals surface area (Å²) in [6.45, 7) is 0. The summed E-state index contributed by atoms with van der Waals surface area (Å²) in [5.74, 6) is 0.620. The first-order chi connectivity index (χ1) is 10.6. The molecule has 2 rings (SSSR count). The second kappa shape index (κ2) is 9.03. The van der Waals surface area contributed by atoms with Gasteiger partial charge in [-0.3, -0.25) is 0 Å². The van der Waals surface area contributed by atoms with Crippen LogP contribution in [0.1, 0.15) is 0 Å². The summed E-state index contributed by atoms with van der Waals surface area (Å²) >= 11 is 35.5. The van der Waals surface area contributed by atoms with Gasteiger partial charge >= 0.3 is 0 Å². The zero-order valence-corrected chi connectivity index (χ0v) is 26.0. The van der Waals surface area contributed by atoms with Crippen LogP contribution in [0.4, 0.5) is 0 Å². The summed E-state index contributed by atoms with van der Waals surface area (Å²) in [5.41, 5.74) is 1.75. The predicted molar refractivity (Wildman–Crippen MR) is 131 cm³/mol. The van der Waals surface area contributed by atoms with Gasteiger partial charge in [-0.1, -0.05) is 0 Å². The molecule has 2 aromatic carbocycles. The first kappa shape index (κ1) is 22.3. The molecule has 11 heteroatoms. The van der Waals surface area contributed by atoms with E-state index in [2.05, 4.69) is 160 Å². The monoisotopic (exact) mass is 949 g/mol. The summed E-state index contributed by atoms with van der Waals surface area (Å²) < 4.78 is 13.2. The smallest absolute Gasteiger partial charge is 0.179 e. The van der Waals surface area contributed by atoms with Crippen molar-refractivity contribution in [3.8, 4) is 16.9 Å². The molecule has 0 atom stereocenters. The fourth-order valence-electron chi connectivity index (χ4n) is 1.73. The van der Waals surface area contributed by atoms with Gasteiger partial charge < -0.3 is 3.83 Å². The SMILES string of the molecule is BrOc1c(Br)c(Br)c(Br)c(Br)c1-c1c(Br)c(Br)c(Br)c(Br)c1Br. The molecule has 0 fully saturated rings. The van der Waals surface area contributed by atoms with Gasteiger partial charge in [0.1, 0.15) is 0 Å². The Morgan fingerprint density at radius 1 is 0.391 bits per heavy atom. The molecule has 0 aliphatic heterocycles. The molecule has 1 nitrogen and oxygen atoms in total. The number of rotatable bonds is 2. The molecule has 0 aromatic heterocycles. The first-order valence-electron chi connectivity index (χ1n) is 5.31. The molecule has 0 N–H and O–H groups in total. The van der Waals surface area contributed by atoms with Gasteiger partial charge in [0.15, 0.2) is 22.0 Å². The highest BCUT2D eigenvalue weighted by Gasteiger charge is 2.27. The van der Waals surface area contributed by atoms with Crippen LogP contribution in [-0.2, 0) is 0 Å². The van der Waals surface area contributed by atoms with E-state index in [4.69, 9.17) is 3.83 Å². The lowest BCUT2D eigenvalue weighted by Gasteiger charge is -2.19. The van der Waals surface area contributed by atoms with Crippen LogP contribution in [0.2, 0.25) is 0 Å². The van der Waals surface area contributed by atoms with Crippen LogP contribution in [0.3, 0.4) is 0 Å². The molecule has 0 heterocycles. The zero-order valence-electron chi connectivity index (χ0n) is 10.2. The fourth-order valence-corrected chi connectivity index (χ4v) is 8.08. The predicted octanol–water partition coefficient (Wildman–Crippen LogP) is 10.9. The molecule has 0 spiro atoms. The van der Waals surface area contributed by atoms with Gasteiger partial charge in [-0.2, -0.15) is 0 Å². The number of benzene rings is 2. The zero-order chi connectivity index (χ0) is 17.6. The van der Waals surface area contributed by atoms with E-state index in [0.717, 1.165) is 51.4 Å². The van der Waals surface area contributed by atoms with Crippen molar-refractivity contribution in [3.05, 3.63) is 40.3 Å². The highest BCUT2D eigenvalue weighted by molar-refractivity contribution is 9.16. The summed E-state index contributed by atoms with van der Waals surface area (Å²) in [5, 5.41) is 0. The van der Waals surface area contributed by atoms with E-state index in [1.165, 1.54) is 0 Å². The Bertz CT molecular complexity index is 788. The lowest BCUT2D eigenvalue weighted by atomic mass is 10.0. The van der Waals surface area contributed by atoms with Crippen LogP contribution in [0.25, 0.3) is 11.1 Å². The van der Waals surface area contributed by atoms with E-state index in [9.17, 15) is 0 Å². The maximum Gasteiger partial charge on any atom is 0.179 e. The minimum absolute atomic E-state index is 0.620. The van der Waals surface area contributed by atoms with Gasteiger partial charge in [-0.25, -0.2) is 0 Å². The third kappa shape index (κ3) is 4.09. The Labute approximate surface area is 217 Å². The molecule has 23 heavy (non-hydrogen) atoms.